The lowest BCUT2D eigenvalue weighted by Gasteiger charge is -2.08. The van der Waals surface area contributed by atoms with Gasteiger partial charge in [-0.15, -0.1) is 0 Å². The molecule has 1 N–H and O–H groups in total. The first-order chi connectivity index (χ1) is 6.56. The average Bonchev–Trinajstić information content (AvgIpc) is 2.10. The lowest BCUT2D eigenvalue weighted by atomic mass is 10.3. The molecule has 0 aromatic heterocycles. The van der Waals surface area contributed by atoms with Crippen LogP contribution in [-0.2, 0) is 0 Å². The molecule has 0 spiro atoms. The summed E-state index contributed by atoms with van der Waals surface area (Å²) in [5.74, 6) is 0. The number of hydrogen-bond donors (Lipinski definition) is 1. The summed E-state index contributed by atoms with van der Waals surface area (Å²) in [6.45, 7) is 2.72. The van der Waals surface area contributed by atoms with Crippen LogP contribution in [0, 0.1) is 10.1 Å². The number of benzene rings is 1. The lowest BCUT2D eigenvalue weighted by molar-refractivity contribution is -0.385. The molecule has 1 rings (SSSR count). The van der Waals surface area contributed by atoms with Gasteiger partial charge in [0.1, 0.15) is 0 Å². The van der Waals surface area contributed by atoms with E-state index < -0.39 is 4.92 Å². The van der Waals surface area contributed by atoms with Gasteiger partial charge in [0.15, 0.2) is 0 Å². The lowest BCUT2D eigenvalue weighted by Crippen LogP contribution is -1.99. The van der Waals surface area contributed by atoms with E-state index in [1.165, 1.54) is 12.1 Å². The number of nitro benzene ring substituents is 1. The van der Waals surface area contributed by atoms with Crippen LogP contribution in [0.2, 0.25) is 0 Å². The van der Waals surface area contributed by atoms with Gasteiger partial charge in [0.25, 0.3) is 5.69 Å². The van der Waals surface area contributed by atoms with Gasteiger partial charge in [-0.2, -0.15) is 0 Å². The van der Waals surface area contributed by atoms with Crippen LogP contribution >= 0.6 is 31.9 Å². The Bertz CT molecular complexity index is 345. The van der Waals surface area contributed by atoms with E-state index >= 15 is 0 Å². The van der Waals surface area contributed by atoms with E-state index in [4.69, 9.17) is 0 Å². The Morgan fingerprint density at radius 3 is 2.29 bits per heavy atom. The number of rotatable bonds is 3. The predicted molar refractivity (Wildman–Crippen MR) is 62.7 cm³/mol. The third-order valence-corrected chi connectivity index (χ3v) is 2.84. The standard InChI is InChI=1S/C8H8Br2N2O2/c1-2-11-8-6(9)3-5(12(13)14)4-7(8)10/h3-4,11H,2H2,1H3. The second-order valence-electron chi connectivity index (χ2n) is 2.57. The Morgan fingerprint density at radius 2 is 1.93 bits per heavy atom. The molecule has 0 fully saturated rings. The van der Waals surface area contributed by atoms with E-state index in [1.54, 1.807) is 0 Å². The highest BCUT2D eigenvalue weighted by Gasteiger charge is 2.12. The third-order valence-electron chi connectivity index (χ3n) is 1.59. The van der Waals surface area contributed by atoms with Crippen molar-refractivity contribution < 1.29 is 4.92 Å². The molecule has 0 heterocycles. The summed E-state index contributed by atoms with van der Waals surface area (Å²) >= 11 is 6.54. The number of nitro groups is 1. The first-order valence-corrected chi connectivity index (χ1v) is 5.52. The van der Waals surface area contributed by atoms with Crippen molar-refractivity contribution in [3.05, 3.63) is 31.2 Å². The summed E-state index contributed by atoms with van der Waals surface area (Å²) in [6, 6.07) is 2.95. The molecule has 1 aromatic carbocycles. The molecule has 0 aliphatic carbocycles. The second-order valence-corrected chi connectivity index (χ2v) is 4.28. The molecule has 1 aromatic rings. The summed E-state index contributed by atoms with van der Waals surface area (Å²) in [5, 5.41) is 13.6. The fourth-order valence-electron chi connectivity index (χ4n) is 1.01. The van der Waals surface area contributed by atoms with Gasteiger partial charge in [-0.25, -0.2) is 0 Å². The van der Waals surface area contributed by atoms with Crippen molar-refractivity contribution in [1.82, 2.24) is 0 Å². The molecule has 6 heteroatoms. The Balaban J connectivity index is 3.18. The molecule has 4 nitrogen and oxygen atoms in total. The van der Waals surface area contributed by atoms with Crippen LogP contribution in [0.4, 0.5) is 11.4 Å². The molecule has 0 bridgehead atoms. The van der Waals surface area contributed by atoms with E-state index in [1.807, 2.05) is 6.92 Å². The molecular formula is C8H8Br2N2O2. The van der Waals surface area contributed by atoms with E-state index in [9.17, 15) is 10.1 Å². The zero-order chi connectivity index (χ0) is 10.7. The molecule has 14 heavy (non-hydrogen) atoms. The van der Waals surface area contributed by atoms with Gasteiger partial charge >= 0.3 is 0 Å². The summed E-state index contributed by atoms with van der Waals surface area (Å²) in [4.78, 5) is 10.1. The molecule has 0 amide bonds. The average molecular weight is 324 g/mol. The van der Waals surface area contributed by atoms with Crippen LogP contribution in [0.15, 0.2) is 21.1 Å². The van der Waals surface area contributed by atoms with Crippen LogP contribution < -0.4 is 5.32 Å². The van der Waals surface area contributed by atoms with Crippen LogP contribution in [0.1, 0.15) is 6.92 Å². The minimum Gasteiger partial charge on any atom is -0.383 e. The normalized spacial score (nSPS) is 9.93. The molecule has 0 aliphatic rings. The fraction of sp³-hybridized carbons (Fsp3) is 0.250. The largest absolute Gasteiger partial charge is 0.383 e. The summed E-state index contributed by atoms with van der Waals surface area (Å²) in [6.07, 6.45) is 0. The molecule has 0 aliphatic heterocycles. The number of halogens is 2. The Hall–Kier alpha value is -0.620. The van der Waals surface area contributed by atoms with E-state index in [-0.39, 0.29) is 5.69 Å². The highest BCUT2D eigenvalue weighted by atomic mass is 79.9. The zero-order valence-electron chi connectivity index (χ0n) is 7.38. The van der Waals surface area contributed by atoms with Crippen molar-refractivity contribution in [1.29, 1.82) is 0 Å². The third kappa shape index (κ3) is 2.45. The Kier molecular flexibility index (Phi) is 3.88. The highest BCUT2D eigenvalue weighted by Crippen LogP contribution is 2.34. The van der Waals surface area contributed by atoms with Crippen LogP contribution in [-0.4, -0.2) is 11.5 Å². The number of anilines is 1. The molecule has 76 valence electrons. The molecule has 0 radical (unpaired) electrons. The van der Waals surface area contributed by atoms with Gasteiger partial charge in [0.05, 0.1) is 10.6 Å². The van der Waals surface area contributed by atoms with Gasteiger partial charge in [-0.3, -0.25) is 10.1 Å². The Labute approximate surface area is 98.1 Å². The maximum Gasteiger partial charge on any atom is 0.271 e. The highest BCUT2D eigenvalue weighted by molar-refractivity contribution is 9.11. The van der Waals surface area contributed by atoms with Crippen molar-refractivity contribution in [3.8, 4) is 0 Å². The molecule has 0 unspecified atom stereocenters. The van der Waals surface area contributed by atoms with Gasteiger partial charge in [-0.05, 0) is 38.8 Å². The first-order valence-electron chi connectivity index (χ1n) is 3.93. The molecule has 0 saturated heterocycles. The predicted octanol–water partition coefficient (Wildman–Crippen LogP) is 3.55. The van der Waals surface area contributed by atoms with Gasteiger partial charge in [0.2, 0.25) is 0 Å². The van der Waals surface area contributed by atoms with Gasteiger partial charge < -0.3 is 5.32 Å². The molecule has 0 saturated carbocycles. The maximum atomic E-state index is 10.5. The van der Waals surface area contributed by atoms with Gasteiger partial charge in [-0.1, -0.05) is 0 Å². The van der Waals surface area contributed by atoms with E-state index in [2.05, 4.69) is 37.2 Å². The van der Waals surface area contributed by atoms with Crippen LogP contribution in [0.3, 0.4) is 0 Å². The molecule has 0 atom stereocenters. The van der Waals surface area contributed by atoms with Crippen molar-refractivity contribution in [2.75, 3.05) is 11.9 Å². The van der Waals surface area contributed by atoms with Crippen molar-refractivity contribution >= 4 is 43.2 Å². The monoisotopic (exact) mass is 322 g/mol. The van der Waals surface area contributed by atoms with Crippen LogP contribution in [0.25, 0.3) is 0 Å². The molecular weight excluding hydrogens is 316 g/mol. The van der Waals surface area contributed by atoms with Crippen molar-refractivity contribution in [3.63, 3.8) is 0 Å². The number of hydrogen-bond acceptors (Lipinski definition) is 3. The van der Waals surface area contributed by atoms with Crippen LogP contribution in [0.5, 0.6) is 0 Å². The van der Waals surface area contributed by atoms with E-state index in [0.29, 0.717) is 8.95 Å². The van der Waals surface area contributed by atoms with Crippen molar-refractivity contribution in [2.45, 2.75) is 6.92 Å². The summed E-state index contributed by atoms with van der Waals surface area (Å²) in [5.41, 5.74) is 0.892. The topological polar surface area (TPSA) is 55.2 Å². The Morgan fingerprint density at radius 1 is 1.43 bits per heavy atom. The fourth-order valence-corrected chi connectivity index (χ4v) is 2.45. The summed E-state index contributed by atoms with van der Waals surface area (Å²) in [7, 11) is 0. The number of non-ortho nitro benzene ring substituents is 1. The smallest absolute Gasteiger partial charge is 0.271 e. The first kappa shape index (κ1) is 11.5. The SMILES string of the molecule is CCNc1c(Br)cc([N+](=O)[O-])cc1Br. The number of nitrogens with zero attached hydrogens (tertiary/aromatic N) is 1. The maximum absolute atomic E-state index is 10.5. The van der Waals surface area contributed by atoms with Crippen molar-refractivity contribution in [2.24, 2.45) is 0 Å². The number of nitrogens with one attached hydrogen (secondary N) is 1. The zero-order valence-corrected chi connectivity index (χ0v) is 10.6. The minimum absolute atomic E-state index is 0.0606. The van der Waals surface area contributed by atoms with E-state index in [0.717, 1.165) is 12.2 Å². The van der Waals surface area contributed by atoms with Gasteiger partial charge in [0, 0.05) is 27.6 Å². The second kappa shape index (κ2) is 4.75. The minimum atomic E-state index is -0.425. The summed E-state index contributed by atoms with van der Waals surface area (Å²) < 4.78 is 1.36. The quantitative estimate of drug-likeness (QED) is 0.683.